The van der Waals surface area contributed by atoms with Crippen molar-refractivity contribution in [1.29, 1.82) is 0 Å². The highest BCUT2D eigenvalue weighted by Gasteiger charge is 2.18. The Morgan fingerprint density at radius 3 is 2.31 bits per heavy atom. The monoisotopic (exact) mass is 262 g/mol. The van der Waals surface area contributed by atoms with Crippen molar-refractivity contribution in [1.82, 2.24) is 9.97 Å². The van der Waals surface area contributed by atoms with Gasteiger partial charge in [-0.25, -0.2) is 18.4 Å². The van der Waals surface area contributed by atoms with Crippen LogP contribution >= 0.6 is 11.6 Å². The van der Waals surface area contributed by atoms with E-state index in [2.05, 4.69) is 9.97 Å². The molecule has 0 N–H and O–H groups in total. The molecule has 1 aromatic heterocycles. The van der Waals surface area contributed by atoms with Crippen molar-refractivity contribution in [3.05, 3.63) is 22.7 Å². The van der Waals surface area contributed by atoms with Crippen LogP contribution in [0.3, 0.4) is 0 Å². The summed E-state index contributed by atoms with van der Waals surface area (Å²) in [5.74, 6) is 0.0660. The van der Waals surface area contributed by atoms with Crippen LogP contribution in [0.5, 0.6) is 0 Å². The molecule has 0 unspecified atom stereocenters. The summed E-state index contributed by atoms with van der Waals surface area (Å²) in [6.45, 7) is 5.95. The second-order valence-electron chi connectivity index (χ2n) is 4.81. The van der Waals surface area contributed by atoms with Gasteiger partial charge in [-0.05, 0) is 6.07 Å². The Balaban J connectivity index is 3.19. The molecule has 0 aromatic carbocycles. The van der Waals surface area contributed by atoms with Gasteiger partial charge in [0.1, 0.15) is 16.7 Å². The maximum Gasteiger partial charge on any atom is 0.154 e. The van der Waals surface area contributed by atoms with Crippen LogP contribution in [0.2, 0.25) is 5.15 Å². The van der Waals surface area contributed by atoms with Crippen LogP contribution in [0, 0.1) is 0 Å². The van der Waals surface area contributed by atoms with Gasteiger partial charge >= 0.3 is 0 Å². The molecular formula is C10H15ClN2O2S. The number of hydrogen-bond acceptors (Lipinski definition) is 4. The van der Waals surface area contributed by atoms with Gasteiger partial charge in [-0.1, -0.05) is 32.4 Å². The Bertz CT molecular complexity index is 492. The van der Waals surface area contributed by atoms with E-state index >= 15 is 0 Å². The topological polar surface area (TPSA) is 59.9 Å². The van der Waals surface area contributed by atoms with Crippen molar-refractivity contribution in [3.63, 3.8) is 0 Å². The van der Waals surface area contributed by atoms with Gasteiger partial charge in [0.05, 0.1) is 5.69 Å². The zero-order valence-corrected chi connectivity index (χ0v) is 11.4. The summed E-state index contributed by atoms with van der Waals surface area (Å²) in [5, 5.41) is 0.276. The van der Waals surface area contributed by atoms with Crippen molar-refractivity contribution in [2.45, 2.75) is 31.9 Å². The predicted molar refractivity (Wildman–Crippen MR) is 64.3 cm³/mol. The molecule has 6 heteroatoms. The van der Waals surface area contributed by atoms with Crippen LogP contribution in [-0.4, -0.2) is 24.6 Å². The molecule has 0 radical (unpaired) electrons. The lowest BCUT2D eigenvalue weighted by Gasteiger charge is -2.18. The lowest BCUT2D eigenvalue weighted by Crippen LogP contribution is -2.16. The minimum Gasteiger partial charge on any atom is -0.236 e. The van der Waals surface area contributed by atoms with E-state index in [4.69, 9.17) is 11.6 Å². The normalized spacial score (nSPS) is 12.8. The van der Waals surface area contributed by atoms with Crippen LogP contribution in [-0.2, 0) is 21.0 Å². The lowest BCUT2D eigenvalue weighted by molar-refractivity contribution is 0.562. The number of halogens is 1. The van der Waals surface area contributed by atoms with Crippen LogP contribution < -0.4 is 0 Å². The predicted octanol–water partition coefficient (Wildman–Crippen LogP) is 1.97. The molecule has 0 saturated carbocycles. The van der Waals surface area contributed by atoms with Crippen LogP contribution in [0.1, 0.15) is 32.3 Å². The molecule has 16 heavy (non-hydrogen) atoms. The Morgan fingerprint density at radius 2 is 1.88 bits per heavy atom. The SMILES string of the molecule is CC(C)(C)c1cc(Cl)nc(CS(C)(=O)=O)n1. The zero-order chi connectivity index (χ0) is 12.6. The number of sulfone groups is 1. The molecule has 0 aliphatic rings. The van der Waals surface area contributed by atoms with E-state index in [1.807, 2.05) is 20.8 Å². The average Bonchev–Trinajstić information content (AvgIpc) is 1.97. The van der Waals surface area contributed by atoms with Crippen molar-refractivity contribution in [3.8, 4) is 0 Å². The van der Waals surface area contributed by atoms with Crippen molar-refractivity contribution in [2.24, 2.45) is 0 Å². The molecule has 0 amide bonds. The molecule has 90 valence electrons. The van der Waals surface area contributed by atoms with Crippen LogP contribution in [0.4, 0.5) is 0 Å². The smallest absolute Gasteiger partial charge is 0.154 e. The Labute approximate surface area is 101 Å². The first-order chi connectivity index (χ1) is 7.08. The van der Waals surface area contributed by atoms with Crippen LogP contribution in [0.15, 0.2) is 6.07 Å². The fourth-order valence-corrected chi connectivity index (χ4v) is 1.95. The highest BCUT2D eigenvalue weighted by molar-refractivity contribution is 7.89. The first-order valence-corrected chi connectivity index (χ1v) is 7.23. The molecule has 1 aromatic rings. The molecule has 4 nitrogen and oxygen atoms in total. The molecule has 0 spiro atoms. The minimum absolute atomic E-state index is 0.182. The van der Waals surface area contributed by atoms with E-state index in [-0.39, 0.29) is 22.1 Å². The molecule has 1 rings (SSSR count). The fraction of sp³-hybridized carbons (Fsp3) is 0.600. The number of nitrogens with zero attached hydrogens (tertiary/aromatic N) is 2. The Hall–Kier alpha value is -0.680. The summed E-state index contributed by atoms with van der Waals surface area (Å²) in [6.07, 6.45) is 1.15. The molecule has 0 aliphatic carbocycles. The molecule has 1 heterocycles. The first-order valence-electron chi connectivity index (χ1n) is 4.79. The van der Waals surface area contributed by atoms with E-state index in [1.165, 1.54) is 0 Å². The number of rotatable bonds is 2. The largest absolute Gasteiger partial charge is 0.236 e. The Kier molecular flexibility index (Phi) is 3.59. The maximum absolute atomic E-state index is 11.1. The standard InChI is InChI=1S/C10H15ClN2O2S/c1-10(2,3)7-5-8(11)13-9(12-7)6-16(4,14)15/h5H,6H2,1-4H3. The first kappa shape index (κ1) is 13.4. The highest BCUT2D eigenvalue weighted by Crippen LogP contribution is 2.22. The molecule has 0 atom stereocenters. The lowest BCUT2D eigenvalue weighted by atomic mass is 9.92. The second-order valence-corrected chi connectivity index (χ2v) is 7.34. The van der Waals surface area contributed by atoms with E-state index in [9.17, 15) is 8.42 Å². The average molecular weight is 263 g/mol. The summed E-state index contributed by atoms with van der Waals surface area (Å²) in [6, 6.07) is 1.66. The maximum atomic E-state index is 11.1. The van der Waals surface area contributed by atoms with Gasteiger partial charge in [0, 0.05) is 11.7 Å². The number of aromatic nitrogens is 2. The quantitative estimate of drug-likeness (QED) is 0.765. The van der Waals surface area contributed by atoms with E-state index in [0.29, 0.717) is 0 Å². The molecule has 0 saturated heterocycles. The molecule has 0 aliphatic heterocycles. The fourth-order valence-electron chi connectivity index (χ4n) is 1.15. The van der Waals surface area contributed by atoms with Gasteiger partial charge in [0.25, 0.3) is 0 Å². The molecule has 0 bridgehead atoms. The third-order valence-corrected chi connectivity index (χ3v) is 2.88. The van der Waals surface area contributed by atoms with Crippen molar-refractivity contribution in [2.75, 3.05) is 6.26 Å². The summed E-state index contributed by atoms with van der Waals surface area (Å²) >= 11 is 5.84. The van der Waals surface area contributed by atoms with E-state index in [0.717, 1.165) is 11.9 Å². The van der Waals surface area contributed by atoms with Gasteiger partial charge in [0.2, 0.25) is 0 Å². The summed E-state index contributed by atoms with van der Waals surface area (Å²) < 4.78 is 22.3. The van der Waals surface area contributed by atoms with Gasteiger partial charge in [0.15, 0.2) is 9.84 Å². The van der Waals surface area contributed by atoms with Gasteiger partial charge in [-0.2, -0.15) is 0 Å². The molecular weight excluding hydrogens is 248 g/mol. The third-order valence-electron chi connectivity index (χ3n) is 1.90. The second kappa shape index (κ2) is 4.30. The summed E-state index contributed by atoms with van der Waals surface area (Å²) in [7, 11) is -3.14. The highest BCUT2D eigenvalue weighted by atomic mass is 35.5. The van der Waals surface area contributed by atoms with Crippen molar-refractivity contribution >= 4 is 21.4 Å². The van der Waals surface area contributed by atoms with Crippen LogP contribution in [0.25, 0.3) is 0 Å². The third kappa shape index (κ3) is 4.06. The number of hydrogen-bond donors (Lipinski definition) is 0. The van der Waals surface area contributed by atoms with E-state index in [1.54, 1.807) is 6.07 Å². The summed E-state index contributed by atoms with van der Waals surface area (Å²) in [4.78, 5) is 8.12. The minimum atomic E-state index is -3.14. The van der Waals surface area contributed by atoms with Gasteiger partial charge < -0.3 is 0 Å². The van der Waals surface area contributed by atoms with Crippen molar-refractivity contribution < 1.29 is 8.42 Å². The van der Waals surface area contributed by atoms with E-state index < -0.39 is 9.84 Å². The zero-order valence-electron chi connectivity index (χ0n) is 9.78. The Morgan fingerprint density at radius 1 is 1.31 bits per heavy atom. The molecule has 0 fully saturated rings. The van der Waals surface area contributed by atoms with Gasteiger partial charge in [-0.15, -0.1) is 0 Å². The summed E-state index contributed by atoms with van der Waals surface area (Å²) in [5.41, 5.74) is 0.560. The van der Waals surface area contributed by atoms with Gasteiger partial charge in [-0.3, -0.25) is 0 Å².